The summed E-state index contributed by atoms with van der Waals surface area (Å²) < 4.78 is 19.7. The summed E-state index contributed by atoms with van der Waals surface area (Å²) in [4.78, 5) is 19.9. The summed E-state index contributed by atoms with van der Waals surface area (Å²) in [6, 6.07) is 10.5. The highest BCUT2D eigenvalue weighted by molar-refractivity contribution is 7.10. The number of aromatic nitrogens is 1. The van der Waals surface area contributed by atoms with Gasteiger partial charge in [0.15, 0.2) is 0 Å². The molecular formula is C20H19FN2O2S. The molecule has 0 radical (unpaired) electrons. The standard InChI is InChI=1S/C20H19FN2O2S/c21-17-7-2-1-5-14(17)11-15-13-22-20(25-15)18-8-3-9-23(18)19(24)12-16-6-4-10-26-16/h1-2,4-7,10,13,18H,3,8-9,11-12H2/t18-/m0/s1. The largest absolute Gasteiger partial charge is 0.443 e. The van der Waals surface area contributed by atoms with Crippen molar-refractivity contribution in [1.29, 1.82) is 0 Å². The molecule has 0 saturated carbocycles. The molecule has 1 aliphatic heterocycles. The summed E-state index contributed by atoms with van der Waals surface area (Å²) in [5.74, 6) is 1.01. The summed E-state index contributed by atoms with van der Waals surface area (Å²) >= 11 is 1.59. The third-order valence-electron chi connectivity index (χ3n) is 4.66. The number of hydrogen-bond acceptors (Lipinski definition) is 4. The van der Waals surface area contributed by atoms with E-state index in [0.29, 0.717) is 30.1 Å². The van der Waals surface area contributed by atoms with Gasteiger partial charge in [0, 0.05) is 17.8 Å². The molecule has 3 heterocycles. The Balaban J connectivity index is 1.47. The van der Waals surface area contributed by atoms with Gasteiger partial charge in [-0.25, -0.2) is 9.37 Å². The van der Waals surface area contributed by atoms with E-state index in [1.807, 2.05) is 22.4 Å². The third kappa shape index (κ3) is 3.55. The van der Waals surface area contributed by atoms with Crippen molar-refractivity contribution in [2.45, 2.75) is 31.7 Å². The van der Waals surface area contributed by atoms with Gasteiger partial charge in [0.2, 0.25) is 11.8 Å². The first-order valence-electron chi connectivity index (χ1n) is 8.70. The lowest BCUT2D eigenvalue weighted by Gasteiger charge is -2.22. The lowest BCUT2D eigenvalue weighted by atomic mass is 10.1. The van der Waals surface area contributed by atoms with E-state index >= 15 is 0 Å². The molecule has 0 unspecified atom stereocenters. The summed E-state index contributed by atoms with van der Waals surface area (Å²) in [5, 5.41) is 1.98. The van der Waals surface area contributed by atoms with E-state index in [2.05, 4.69) is 4.98 Å². The highest BCUT2D eigenvalue weighted by Crippen LogP contribution is 2.32. The second-order valence-corrected chi connectivity index (χ2v) is 7.47. The molecule has 3 aromatic rings. The number of carbonyl (C=O) groups is 1. The van der Waals surface area contributed by atoms with Crippen LogP contribution in [-0.2, 0) is 17.6 Å². The lowest BCUT2D eigenvalue weighted by Crippen LogP contribution is -2.31. The molecule has 0 aliphatic carbocycles. The number of thiophene rings is 1. The minimum absolute atomic E-state index is 0.101. The molecule has 0 spiro atoms. The maximum atomic E-state index is 13.8. The van der Waals surface area contributed by atoms with Gasteiger partial charge in [-0.1, -0.05) is 24.3 Å². The quantitative estimate of drug-likeness (QED) is 0.670. The van der Waals surface area contributed by atoms with Crippen LogP contribution < -0.4 is 0 Å². The number of amides is 1. The number of oxazole rings is 1. The van der Waals surface area contributed by atoms with E-state index in [9.17, 15) is 9.18 Å². The van der Waals surface area contributed by atoms with Gasteiger partial charge in [0.05, 0.1) is 12.6 Å². The summed E-state index contributed by atoms with van der Waals surface area (Å²) in [6.07, 6.45) is 4.19. The lowest BCUT2D eigenvalue weighted by molar-refractivity contribution is -0.131. The Morgan fingerprint density at radius 1 is 1.31 bits per heavy atom. The Morgan fingerprint density at radius 3 is 3.00 bits per heavy atom. The van der Waals surface area contributed by atoms with Crippen molar-refractivity contribution in [3.8, 4) is 0 Å². The van der Waals surface area contributed by atoms with E-state index in [-0.39, 0.29) is 17.8 Å². The molecule has 1 aliphatic rings. The first-order chi connectivity index (χ1) is 12.7. The van der Waals surface area contributed by atoms with Crippen LogP contribution >= 0.6 is 11.3 Å². The van der Waals surface area contributed by atoms with Gasteiger partial charge in [-0.2, -0.15) is 0 Å². The molecule has 1 aromatic carbocycles. The summed E-state index contributed by atoms with van der Waals surface area (Å²) in [6.45, 7) is 0.722. The van der Waals surface area contributed by atoms with Crippen molar-refractivity contribution >= 4 is 17.2 Å². The zero-order valence-corrected chi connectivity index (χ0v) is 15.0. The molecule has 1 atom stereocenters. The highest BCUT2D eigenvalue weighted by Gasteiger charge is 2.33. The van der Waals surface area contributed by atoms with Gasteiger partial charge < -0.3 is 9.32 Å². The molecule has 1 fully saturated rings. The molecule has 4 nitrogen and oxygen atoms in total. The van der Waals surface area contributed by atoms with Crippen LogP contribution in [-0.4, -0.2) is 22.3 Å². The van der Waals surface area contributed by atoms with E-state index in [4.69, 9.17) is 4.42 Å². The zero-order valence-electron chi connectivity index (χ0n) is 14.2. The summed E-state index contributed by atoms with van der Waals surface area (Å²) in [7, 11) is 0. The van der Waals surface area contributed by atoms with Gasteiger partial charge in [-0.05, 0) is 35.9 Å². The predicted octanol–water partition coefficient (Wildman–Crippen LogP) is 4.37. The van der Waals surface area contributed by atoms with E-state index in [0.717, 1.165) is 24.3 Å². The molecule has 1 amide bonds. The minimum Gasteiger partial charge on any atom is -0.443 e. The first-order valence-corrected chi connectivity index (χ1v) is 9.58. The molecule has 134 valence electrons. The number of nitrogens with zero attached hydrogens (tertiary/aromatic N) is 2. The van der Waals surface area contributed by atoms with Gasteiger partial charge >= 0.3 is 0 Å². The third-order valence-corrected chi connectivity index (χ3v) is 5.53. The Labute approximate surface area is 155 Å². The van der Waals surface area contributed by atoms with E-state index in [1.54, 1.807) is 35.7 Å². The van der Waals surface area contributed by atoms with Crippen LogP contribution in [0.3, 0.4) is 0 Å². The first kappa shape index (κ1) is 17.0. The van der Waals surface area contributed by atoms with Gasteiger partial charge in [-0.3, -0.25) is 4.79 Å². The predicted molar refractivity (Wildman–Crippen MR) is 97.4 cm³/mol. The van der Waals surface area contributed by atoms with Crippen LogP contribution in [0.2, 0.25) is 0 Å². The average molecular weight is 370 g/mol. The van der Waals surface area contributed by atoms with Crippen LogP contribution in [0.15, 0.2) is 52.4 Å². The Hall–Kier alpha value is -2.47. The van der Waals surface area contributed by atoms with Crippen LogP contribution in [0.25, 0.3) is 0 Å². The van der Waals surface area contributed by atoms with Gasteiger partial charge in [-0.15, -0.1) is 11.3 Å². The van der Waals surface area contributed by atoms with Gasteiger partial charge in [0.25, 0.3) is 0 Å². The van der Waals surface area contributed by atoms with Crippen LogP contribution in [0.5, 0.6) is 0 Å². The fraction of sp³-hybridized carbons (Fsp3) is 0.300. The molecule has 1 saturated heterocycles. The van der Waals surface area contributed by atoms with Crippen LogP contribution in [0, 0.1) is 5.82 Å². The molecular weight excluding hydrogens is 351 g/mol. The fourth-order valence-corrected chi connectivity index (χ4v) is 4.07. The van der Waals surface area contributed by atoms with Crippen LogP contribution in [0.4, 0.5) is 4.39 Å². The molecule has 4 rings (SSSR count). The second kappa shape index (κ2) is 7.41. The smallest absolute Gasteiger partial charge is 0.228 e. The monoisotopic (exact) mass is 370 g/mol. The average Bonchev–Trinajstić information content (AvgIpc) is 3.37. The number of likely N-dealkylation sites (tertiary alicyclic amines) is 1. The molecule has 2 aromatic heterocycles. The Kier molecular flexibility index (Phi) is 4.84. The molecule has 0 N–H and O–H groups in total. The number of carbonyl (C=O) groups excluding carboxylic acids is 1. The van der Waals surface area contributed by atoms with Gasteiger partial charge in [0.1, 0.15) is 17.6 Å². The fourth-order valence-electron chi connectivity index (χ4n) is 3.37. The zero-order chi connectivity index (χ0) is 17.9. The van der Waals surface area contributed by atoms with Crippen molar-refractivity contribution in [2.75, 3.05) is 6.54 Å². The maximum absolute atomic E-state index is 13.8. The van der Waals surface area contributed by atoms with Crippen molar-refractivity contribution in [2.24, 2.45) is 0 Å². The Bertz CT molecular complexity index is 891. The second-order valence-electron chi connectivity index (χ2n) is 6.43. The summed E-state index contributed by atoms with van der Waals surface area (Å²) in [5.41, 5.74) is 0.576. The SMILES string of the molecule is O=C(Cc1cccs1)N1CCC[C@H]1c1ncc(Cc2ccccc2F)o1. The van der Waals surface area contributed by atoms with Crippen molar-refractivity contribution in [1.82, 2.24) is 9.88 Å². The highest BCUT2D eigenvalue weighted by atomic mass is 32.1. The number of halogens is 1. The number of hydrogen-bond donors (Lipinski definition) is 0. The number of rotatable bonds is 5. The van der Waals surface area contributed by atoms with E-state index in [1.165, 1.54) is 6.07 Å². The topological polar surface area (TPSA) is 46.3 Å². The number of benzene rings is 1. The van der Waals surface area contributed by atoms with Crippen molar-refractivity contribution < 1.29 is 13.6 Å². The Morgan fingerprint density at radius 2 is 2.19 bits per heavy atom. The van der Waals surface area contributed by atoms with Crippen molar-refractivity contribution in [3.63, 3.8) is 0 Å². The normalized spacial score (nSPS) is 17.0. The molecule has 6 heteroatoms. The van der Waals surface area contributed by atoms with Crippen LogP contribution in [0.1, 0.15) is 41.0 Å². The van der Waals surface area contributed by atoms with E-state index < -0.39 is 0 Å². The molecule has 26 heavy (non-hydrogen) atoms. The maximum Gasteiger partial charge on any atom is 0.228 e. The molecule has 0 bridgehead atoms. The van der Waals surface area contributed by atoms with Crippen molar-refractivity contribution in [3.05, 3.63) is 75.9 Å². The minimum atomic E-state index is -0.251.